The summed E-state index contributed by atoms with van der Waals surface area (Å²) < 4.78 is 10.1. The Bertz CT molecular complexity index is 882. The van der Waals surface area contributed by atoms with Gasteiger partial charge in [0.2, 0.25) is 0 Å². The van der Waals surface area contributed by atoms with Crippen molar-refractivity contribution in [2.24, 2.45) is 5.92 Å². The largest absolute Gasteiger partial charge is 0.496 e. The summed E-state index contributed by atoms with van der Waals surface area (Å²) in [4.78, 5) is 34.3. The Morgan fingerprint density at radius 2 is 1.82 bits per heavy atom. The first kappa shape index (κ1) is 20.7. The van der Waals surface area contributed by atoms with E-state index in [1.54, 1.807) is 24.3 Å². The molecule has 0 spiro atoms. The molecule has 0 aliphatic rings. The molecule has 28 heavy (non-hydrogen) atoms. The lowest BCUT2D eigenvalue weighted by Crippen LogP contribution is -2.34. The molecule has 2 N–H and O–H groups in total. The number of hydrogen-bond donors (Lipinski definition) is 2. The van der Waals surface area contributed by atoms with Crippen LogP contribution in [0.15, 0.2) is 42.5 Å². The lowest BCUT2D eigenvalue weighted by molar-refractivity contribution is -0.385. The van der Waals surface area contributed by atoms with E-state index >= 15 is 0 Å². The van der Waals surface area contributed by atoms with Crippen LogP contribution in [0.5, 0.6) is 11.5 Å². The Labute approximate surface area is 161 Å². The Balaban J connectivity index is 2.11. The SMILES string of the molecule is COc1ccccc1CC(CNC(=O)c1ccc(OC)c([N+](=O)[O-])c1)C(=O)O. The molecule has 1 atom stereocenters. The number of carboxylic acids is 1. The van der Waals surface area contributed by atoms with Crippen LogP contribution < -0.4 is 14.8 Å². The molecular formula is C19H20N2O7. The Morgan fingerprint density at radius 1 is 1.14 bits per heavy atom. The molecule has 0 fully saturated rings. The summed E-state index contributed by atoms with van der Waals surface area (Å²) in [6.45, 7) is -0.147. The van der Waals surface area contributed by atoms with E-state index in [0.29, 0.717) is 11.3 Å². The number of para-hydroxylation sites is 1. The van der Waals surface area contributed by atoms with Crippen LogP contribution in [0.2, 0.25) is 0 Å². The number of aliphatic carboxylic acids is 1. The second-order valence-electron chi connectivity index (χ2n) is 5.90. The minimum atomic E-state index is -1.08. The predicted molar refractivity (Wildman–Crippen MR) is 99.8 cm³/mol. The first-order chi connectivity index (χ1) is 13.4. The lowest BCUT2D eigenvalue weighted by Gasteiger charge is -2.15. The average Bonchev–Trinajstić information content (AvgIpc) is 2.70. The van der Waals surface area contributed by atoms with E-state index in [2.05, 4.69) is 5.32 Å². The average molecular weight is 388 g/mol. The highest BCUT2D eigenvalue weighted by Crippen LogP contribution is 2.27. The molecule has 0 radical (unpaired) electrons. The molecule has 0 heterocycles. The van der Waals surface area contributed by atoms with E-state index in [1.165, 1.54) is 26.4 Å². The van der Waals surface area contributed by atoms with Gasteiger partial charge in [0, 0.05) is 18.2 Å². The van der Waals surface area contributed by atoms with Crippen molar-refractivity contribution in [2.45, 2.75) is 6.42 Å². The van der Waals surface area contributed by atoms with Crippen LogP contribution in [0.1, 0.15) is 15.9 Å². The number of rotatable bonds is 9. The number of nitrogens with one attached hydrogen (secondary N) is 1. The number of nitrogens with zero attached hydrogens (tertiary/aromatic N) is 1. The molecule has 0 aliphatic heterocycles. The fraction of sp³-hybridized carbons (Fsp3) is 0.263. The molecular weight excluding hydrogens is 368 g/mol. The van der Waals surface area contributed by atoms with Gasteiger partial charge < -0.3 is 19.9 Å². The number of carboxylic acid groups (broad SMARTS) is 1. The fourth-order valence-corrected chi connectivity index (χ4v) is 2.68. The maximum Gasteiger partial charge on any atom is 0.311 e. The second kappa shape index (κ2) is 9.36. The number of nitro groups is 1. The third kappa shape index (κ3) is 4.97. The van der Waals surface area contributed by atoms with Gasteiger partial charge in [-0.15, -0.1) is 0 Å². The number of ether oxygens (including phenoxy) is 2. The van der Waals surface area contributed by atoms with Gasteiger partial charge in [0.25, 0.3) is 5.91 Å². The standard InChI is InChI=1S/C19H20N2O7/c1-27-16-6-4-3-5-12(16)9-14(19(23)24)11-20-18(22)13-7-8-17(28-2)15(10-13)21(25)26/h3-8,10,14H,9,11H2,1-2H3,(H,20,22)(H,23,24). The van der Waals surface area contributed by atoms with Gasteiger partial charge in [-0.1, -0.05) is 18.2 Å². The molecule has 148 valence electrons. The topological polar surface area (TPSA) is 128 Å². The summed E-state index contributed by atoms with van der Waals surface area (Å²) >= 11 is 0. The molecule has 2 aromatic rings. The van der Waals surface area contributed by atoms with E-state index in [-0.39, 0.29) is 30.0 Å². The molecule has 0 aromatic heterocycles. The quantitative estimate of drug-likeness (QED) is 0.498. The number of carbonyl (C=O) groups is 2. The van der Waals surface area contributed by atoms with Crippen molar-refractivity contribution in [1.82, 2.24) is 5.32 Å². The summed E-state index contributed by atoms with van der Waals surface area (Å²) in [6, 6.07) is 10.8. The van der Waals surface area contributed by atoms with Crippen LogP contribution in [0, 0.1) is 16.0 Å². The highest BCUT2D eigenvalue weighted by molar-refractivity contribution is 5.95. The van der Waals surface area contributed by atoms with Gasteiger partial charge in [-0.3, -0.25) is 19.7 Å². The Kier molecular flexibility index (Phi) is 6.91. The molecule has 9 heteroatoms. The van der Waals surface area contributed by atoms with Crippen molar-refractivity contribution in [3.05, 3.63) is 63.7 Å². The molecule has 1 amide bonds. The first-order valence-corrected chi connectivity index (χ1v) is 8.32. The number of carbonyl (C=O) groups excluding carboxylic acids is 1. The van der Waals surface area contributed by atoms with Crippen LogP contribution in [0.3, 0.4) is 0 Å². The van der Waals surface area contributed by atoms with Gasteiger partial charge in [0.15, 0.2) is 5.75 Å². The van der Waals surface area contributed by atoms with Crippen molar-refractivity contribution < 1.29 is 29.1 Å². The molecule has 0 saturated carbocycles. The molecule has 2 rings (SSSR count). The van der Waals surface area contributed by atoms with Crippen LogP contribution in [-0.4, -0.2) is 42.7 Å². The van der Waals surface area contributed by atoms with Crippen molar-refractivity contribution >= 4 is 17.6 Å². The van der Waals surface area contributed by atoms with Crippen molar-refractivity contribution in [3.63, 3.8) is 0 Å². The van der Waals surface area contributed by atoms with Crippen molar-refractivity contribution in [2.75, 3.05) is 20.8 Å². The predicted octanol–water partition coefficient (Wildman–Crippen LogP) is 2.29. The molecule has 0 aliphatic carbocycles. The third-order valence-corrected chi connectivity index (χ3v) is 4.15. The van der Waals surface area contributed by atoms with E-state index in [9.17, 15) is 24.8 Å². The number of nitro benzene ring substituents is 1. The zero-order chi connectivity index (χ0) is 20.7. The second-order valence-corrected chi connectivity index (χ2v) is 5.90. The zero-order valence-corrected chi connectivity index (χ0v) is 15.4. The maximum atomic E-state index is 12.3. The molecule has 0 saturated heterocycles. The summed E-state index contributed by atoms with van der Waals surface area (Å²) in [5, 5.41) is 23.1. The van der Waals surface area contributed by atoms with E-state index < -0.39 is 22.7 Å². The van der Waals surface area contributed by atoms with Gasteiger partial charge in [-0.25, -0.2) is 0 Å². The summed E-state index contributed by atoms with van der Waals surface area (Å²) in [6.07, 6.45) is 0.155. The normalized spacial score (nSPS) is 11.4. The lowest BCUT2D eigenvalue weighted by atomic mass is 9.98. The van der Waals surface area contributed by atoms with E-state index in [1.807, 2.05) is 0 Å². The number of amides is 1. The maximum absolute atomic E-state index is 12.3. The zero-order valence-electron chi connectivity index (χ0n) is 15.4. The summed E-state index contributed by atoms with van der Waals surface area (Å²) in [7, 11) is 2.78. The third-order valence-electron chi connectivity index (χ3n) is 4.15. The van der Waals surface area contributed by atoms with Crippen molar-refractivity contribution in [3.8, 4) is 11.5 Å². The van der Waals surface area contributed by atoms with Crippen molar-refractivity contribution in [1.29, 1.82) is 0 Å². The van der Waals surface area contributed by atoms with E-state index in [0.717, 1.165) is 6.07 Å². The molecule has 1 unspecified atom stereocenters. The van der Waals surface area contributed by atoms with Crippen LogP contribution in [0.25, 0.3) is 0 Å². The minimum Gasteiger partial charge on any atom is -0.496 e. The highest BCUT2D eigenvalue weighted by Gasteiger charge is 2.22. The number of benzene rings is 2. The van der Waals surface area contributed by atoms with Gasteiger partial charge in [-0.05, 0) is 30.2 Å². The number of methoxy groups -OCH3 is 2. The summed E-state index contributed by atoms with van der Waals surface area (Å²) in [5.74, 6) is -2.00. The summed E-state index contributed by atoms with van der Waals surface area (Å²) in [5.41, 5.74) is 0.389. The Morgan fingerprint density at radius 3 is 2.43 bits per heavy atom. The van der Waals surface area contributed by atoms with Crippen LogP contribution >= 0.6 is 0 Å². The van der Waals surface area contributed by atoms with E-state index in [4.69, 9.17) is 9.47 Å². The van der Waals surface area contributed by atoms with Gasteiger partial charge >= 0.3 is 11.7 Å². The van der Waals surface area contributed by atoms with Gasteiger partial charge in [-0.2, -0.15) is 0 Å². The highest BCUT2D eigenvalue weighted by atomic mass is 16.6. The first-order valence-electron chi connectivity index (χ1n) is 8.32. The van der Waals surface area contributed by atoms with Gasteiger partial charge in [0.1, 0.15) is 5.75 Å². The minimum absolute atomic E-state index is 0.0288. The fourth-order valence-electron chi connectivity index (χ4n) is 2.68. The smallest absolute Gasteiger partial charge is 0.311 e. The number of hydrogen-bond acceptors (Lipinski definition) is 6. The monoisotopic (exact) mass is 388 g/mol. The van der Waals surface area contributed by atoms with Crippen LogP contribution in [0.4, 0.5) is 5.69 Å². The Hall–Kier alpha value is -3.62. The molecule has 0 bridgehead atoms. The van der Waals surface area contributed by atoms with Crippen LogP contribution in [-0.2, 0) is 11.2 Å². The molecule has 2 aromatic carbocycles. The van der Waals surface area contributed by atoms with Gasteiger partial charge in [0.05, 0.1) is 25.1 Å². The molecule has 9 nitrogen and oxygen atoms in total.